The average molecular weight is 274 g/mol. The molecule has 4 aliphatic rings. The van der Waals surface area contributed by atoms with Gasteiger partial charge in [0.15, 0.2) is 0 Å². The molecular formula is C17H26N2O. The first-order valence-electron chi connectivity index (χ1n) is 8.23. The molecule has 0 aromatic carbocycles. The van der Waals surface area contributed by atoms with Crippen LogP contribution >= 0.6 is 0 Å². The van der Waals surface area contributed by atoms with Gasteiger partial charge in [-0.2, -0.15) is 5.10 Å². The third-order valence-electron chi connectivity index (χ3n) is 6.24. The molecule has 4 saturated carbocycles. The van der Waals surface area contributed by atoms with Gasteiger partial charge >= 0.3 is 0 Å². The highest BCUT2D eigenvalue weighted by atomic mass is 16.3. The molecule has 3 heteroatoms. The number of aryl methyl sites for hydroxylation is 2. The van der Waals surface area contributed by atoms with Crippen LogP contribution in [-0.4, -0.2) is 21.0 Å². The molecule has 0 saturated heterocycles. The third-order valence-corrected chi connectivity index (χ3v) is 6.24. The molecule has 110 valence electrons. The van der Waals surface area contributed by atoms with Crippen LogP contribution in [0.5, 0.6) is 0 Å². The highest BCUT2D eigenvalue weighted by Gasteiger charge is 2.53. The fourth-order valence-corrected chi connectivity index (χ4v) is 5.80. The predicted molar refractivity (Wildman–Crippen MR) is 78.3 cm³/mol. The molecule has 1 aromatic heterocycles. The predicted octanol–water partition coefficient (Wildman–Crippen LogP) is 3.08. The maximum absolute atomic E-state index is 10.9. The van der Waals surface area contributed by atoms with E-state index in [1.165, 1.54) is 44.2 Å². The second kappa shape index (κ2) is 4.33. The molecule has 1 aromatic rings. The van der Waals surface area contributed by atoms with Crippen molar-refractivity contribution in [1.29, 1.82) is 0 Å². The summed E-state index contributed by atoms with van der Waals surface area (Å²) in [5, 5.41) is 15.5. The first-order valence-corrected chi connectivity index (χ1v) is 8.23. The Kier molecular flexibility index (Phi) is 2.79. The van der Waals surface area contributed by atoms with E-state index >= 15 is 0 Å². The van der Waals surface area contributed by atoms with Gasteiger partial charge < -0.3 is 5.11 Å². The van der Waals surface area contributed by atoms with Crippen molar-refractivity contribution in [3.05, 3.63) is 17.5 Å². The lowest BCUT2D eigenvalue weighted by molar-refractivity contribution is -0.125. The van der Waals surface area contributed by atoms with Gasteiger partial charge in [0.1, 0.15) is 0 Å². The zero-order valence-electron chi connectivity index (χ0n) is 12.7. The Balaban J connectivity index is 1.56. The van der Waals surface area contributed by atoms with Crippen LogP contribution in [0.4, 0.5) is 0 Å². The molecule has 1 atom stereocenters. The number of aliphatic hydroxyl groups excluding tert-OH is 1. The van der Waals surface area contributed by atoms with Crippen molar-refractivity contribution in [1.82, 2.24) is 9.78 Å². The van der Waals surface area contributed by atoms with Crippen LogP contribution in [0.3, 0.4) is 0 Å². The van der Waals surface area contributed by atoms with E-state index in [0.717, 1.165) is 23.4 Å². The van der Waals surface area contributed by atoms with Crippen molar-refractivity contribution in [2.24, 2.45) is 23.2 Å². The van der Waals surface area contributed by atoms with E-state index in [9.17, 15) is 5.11 Å². The third kappa shape index (κ3) is 1.93. The zero-order valence-corrected chi connectivity index (χ0v) is 12.7. The highest BCUT2D eigenvalue weighted by molar-refractivity contribution is 5.08. The van der Waals surface area contributed by atoms with E-state index in [1.807, 2.05) is 11.6 Å². The molecule has 0 spiro atoms. The second-order valence-corrected chi connectivity index (χ2v) is 7.90. The van der Waals surface area contributed by atoms with Crippen molar-refractivity contribution in [3.8, 4) is 0 Å². The molecule has 1 unspecified atom stereocenters. The molecule has 4 bridgehead atoms. The van der Waals surface area contributed by atoms with Gasteiger partial charge in [-0.15, -0.1) is 0 Å². The zero-order chi connectivity index (χ0) is 13.9. The molecule has 0 radical (unpaired) electrons. The molecular weight excluding hydrogens is 248 g/mol. The topological polar surface area (TPSA) is 38.0 Å². The summed E-state index contributed by atoms with van der Waals surface area (Å²) in [5.74, 6) is 2.70. The summed E-state index contributed by atoms with van der Waals surface area (Å²) in [4.78, 5) is 0. The standard InChI is InChI=1S/C17H26N2O/c1-11-3-12(2)19(18-11)10-16(20)17-7-13-4-14(8-17)6-15(5-13)9-17/h3,13-16,20H,4-10H2,1-2H3. The summed E-state index contributed by atoms with van der Waals surface area (Å²) in [6, 6.07) is 2.10. The Morgan fingerprint density at radius 3 is 2.20 bits per heavy atom. The van der Waals surface area contributed by atoms with Crippen molar-refractivity contribution in [3.63, 3.8) is 0 Å². The van der Waals surface area contributed by atoms with Gasteiger partial charge in [0.2, 0.25) is 0 Å². The van der Waals surface area contributed by atoms with Crippen LogP contribution in [0.1, 0.15) is 49.9 Å². The summed E-state index contributed by atoms with van der Waals surface area (Å²) in [7, 11) is 0. The first kappa shape index (κ1) is 12.9. The summed E-state index contributed by atoms with van der Waals surface area (Å²) in [6.07, 6.45) is 7.89. The molecule has 1 N–H and O–H groups in total. The van der Waals surface area contributed by atoms with Gasteiger partial charge in [-0.25, -0.2) is 0 Å². The second-order valence-electron chi connectivity index (χ2n) is 7.90. The molecule has 5 rings (SSSR count). The van der Waals surface area contributed by atoms with Crippen molar-refractivity contribution in [2.75, 3.05) is 0 Å². The summed E-state index contributed by atoms with van der Waals surface area (Å²) < 4.78 is 2.01. The lowest BCUT2D eigenvalue weighted by Crippen LogP contribution is -2.52. The Morgan fingerprint density at radius 2 is 1.75 bits per heavy atom. The smallest absolute Gasteiger partial charge is 0.0792 e. The molecule has 3 nitrogen and oxygen atoms in total. The maximum Gasteiger partial charge on any atom is 0.0792 e. The molecule has 0 aliphatic heterocycles. The number of nitrogens with zero attached hydrogens (tertiary/aromatic N) is 2. The number of aliphatic hydroxyl groups is 1. The average Bonchev–Trinajstić information content (AvgIpc) is 2.66. The normalized spacial score (nSPS) is 40.2. The highest BCUT2D eigenvalue weighted by Crippen LogP contribution is 2.61. The van der Waals surface area contributed by atoms with E-state index in [-0.39, 0.29) is 11.5 Å². The Labute approximate surface area is 121 Å². The van der Waals surface area contributed by atoms with Gasteiger partial charge in [0.05, 0.1) is 18.3 Å². The SMILES string of the molecule is Cc1cc(C)n(CC(O)C23CC4CC(CC(C4)C2)C3)n1. The van der Waals surface area contributed by atoms with Crippen LogP contribution in [0.15, 0.2) is 6.07 Å². The first-order chi connectivity index (χ1) is 9.54. The van der Waals surface area contributed by atoms with Crippen LogP contribution in [0.25, 0.3) is 0 Å². The van der Waals surface area contributed by atoms with E-state index in [0.29, 0.717) is 6.54 Å². The monoisotopic (exact) mass is 274 g/mol. The van der Waals surface area contributed by atoms with Crippen molar-refractivity contribution in [2.45, 2.75) is 65.0 Å². The number of hydrogen-bond acceptors (Lipinski definition) is 2. The van der Waals surface area contributed by atoms with Gasteiger partial charge in [-0.05, 0) is 81.6 Å². The quantitative estimate of drug-likeness (QED) is 0.920. The Morgan fingerprint density at radius 1 is 1.20 bits per heavy atom. The van der Waals surface area contributed by atoms with Gasteiger partial charge in [0, 0.05) is 5.69 Å². The lowest BCUT2D eigenvalue weighted by atomic mass is 9.48. The van der Waals surface area contributed by atoms with E-state index in [1.54, 1.807) is 0 Å². The lowest BCUT2D eigenvalue weighted by Gasteiger charge is -2.58. The Bertz CT molecular complexity index is 484. The van der Waals surface area contributed by atoms with Gasteiger partial charge in [0.25, 0.3) is 0 Å². The fraction of sp³-hybridized carbons (Fsp3) is 0.824. The fourth-order valence-electron chi connectivity index (χ4n) is 5.80. The maximum atomic E-state index is 10.9. The van der Waals surface area contributed by atoms with Crippen LogP contribution in [-0.2, 0) is 6.54 Å². The Hall–Kier alpha value is -0.830. The van der Waals surface area contributed by atoms with E-state index in [4.69, 9.17) is 0 Å². The number of aromatic nitrogens is 2. The minimum absolute atomic E-state index is 0.209. The molecule has 0 amide bonds. The van der Waals surface area contributed by atoms with Gasteiger partial charge in [-0.1, -0.05) is 0 Å². The minimum Gasteiger partial charge on any atom is -0.391 e. The number of rotatable bonds is 3. The summed E-state index contributed by atoms with van der Waals surface area (Å²) in [6.45, 7) is 4.80. The minimum atomic E-state index is -0.214. The summed E-state index contributed by atoms with van der Waals surface area (Å²) in [5.41, 5.74) is 2.44. The largest absolute Gasteiger partial charge is 0.391 e. The van der Waals surface area contributed by atoms with Crippen molar-refractivity contribution >= 4 is 0 Å². The van der Waals surface area contributed by atoms with Crippen LogP contribution < -0.4 is 0 Å². The van der Waals surface area contributed by atoms with E-state index < -0.39 is 0 Å². The van der Waals surface area contributed by atoms with Crippen LogP contribution in [0.2, 0.25) is 0 Å². The molecule has 1 heterocycles. The number of hydrogen-bond donors (Lipinski definition) is 1. The molecule has 20 heavy (non-hydrogen) atoms. The molecule has 4 fully saturated rings. The van der Waals surface area contributed by atoms with Gasteiger partial charge in [-0.3, -0.25) is 4.68 Å². The van der Waals surface area contributed by atoms with E-state index in [2.05, 4.69) is 18.1 Å². The van der Waals surface area contributed by atoms with Crippen LogP contribution in [0, 0.1) is 37.0 Å². The molecule has 4 aliphatic carbocycles. The van der Waals surface area contributed by atoms with Crippen molar-refractivity contribution < 1.29 is 5.11 Å². The summed E-state index contributed by atoms with van der Waals surface area (Å²) >= 11 is 0.